The van der Waals surface area contributed by atoms with Crippen LogP contribution < -0.4 is 10.1 Å². The van der Waals surface area contributed by atoms with Gasteiger partial charge < -0.3 is 10.1 Å². The van der Waals surface area contributed by atoms with Crippen molar-refractivity contribution in [2.75, 3.05) is 17.7 Å². The summed E-state index contributed by atoms with van der Waals surface area (Å²) in [6.07, 6.45) is 0.344. The molecule has 0 aliphatic heterocycles. The molecule has 0 aliphatic rings. The summed E-state index contributed by atoms with van der Waals surface area (Å²) in [5.74, 6) is 1.27. The Kier molecular flexibility index (Phi) is 7.05. The van der Waals surface area contributed by atoms with E-state index in [4.69, 9.17) is 4.74 Å². The lowest BCUT2D eigenvalue weighted by atomic mass is 10.1. The fourth-order valence-electron chi connectivity index (χ4n) is 2.41. The second-order valence-corrected chi connectivity index (χ2v) is 6.93. The summed E-state index contributed by atoms with van der Waals surface area (Å²) in [4.78, 5) is 16.6. The lowest BCUT2D eigenvalue weighted by molar-refractivity contribution is -0.115. The molecule has 2 rings (SSSR count). The largest absolute Gasteiger partial charge is 0.494 e. The number of aromatic nitrogens is 1. The van der Waals surface area contributed by atoms with E-state index in [0.29, 0.717) is 29.4 Å². The number of ether oxygens (including phenoxy) is 1. The van der Waals surface area contributed by atoms with E-state index in [2.05, 4.69) is 16.4 Å². The van der Waals surface area contributed by atoms with Gasteiger partial charge in [0.1, 0.15) is 16.8 Å². The molecule has 0 spiro atoms. The van der Waals surface area contributed by atoms with Gasteiger partial charge in [0.15, 0.2) is 0 Å². The maximum Gasteiger partial charge on any atom is 0.225 e. The highest BCUT2D eigenvalue weighted by molar-refractivity contribution is 7.99. The number of hydrogen-bond acceptors (Lipinski definition) is 5. The van der Waals surface area contributed by atoms with E-state index in [1.807, 2.05) is 52.0 Å². The summed E-state index contributed by atoms with van der Waals surface area (Å²) in [5, 5.41) is 12.9. The van der Waals surface area contributed by atoms with Gasteiger partial charge in [-0.25, -0.2) is 4.98 Å². The van der Waals surface area contributed by atoms with Crippen LogP contribution in [0.3, 0.4) is 0 Å². The van der Waals surface area contributed by atoms with Gasteiger partial charge in [0.25, 0.3) is 0 Å². The number of nitriles is 1. The Labute approximate surface area is 158 Å². The summed E-state index contributed by atoms with van der Waals surface area (Å²) >= 11 is 1.44. The number of nitrogens with zero attached hydrogens (tertiary/aromatic N) is 2. The Morgan fingerprint density at radius 1 is 1.23 bits per heavy atom. The SMILES string of the molecule is CCOc1ccc(NC(=O)CCSc2nc(C)c(C)c(C)c2C#N)cc1. The Balaban J connectivity index is 1.92. The van der Waals surface area contributed by atoms with Crippen LogP contribution in [0.2, 0.25) is 0 Å². The van der Waals surface area contributed by atoms with E-state index in [-0.39, 0.29) is 5.91 Å². The van der Waals surface area contributed by atoms with E-state index in [0.717, 1.165) is 28.3 Å². The summed E-state index contributed by atoms with van der Waals surface area (Å²) in [6, 6.07) is 9.52. The number of pyridine rings is 1. The van der Waals surface area contributed by atoms with Gasteiger partial charge in [-0.2, -0.15) is 5.26 Å². The highest BCUT2D eigenvalue weighted by Crippen LogP contribution is 2.27. The smallest absolute Gasteiger partial charge is 0.225 e. The van der Waals surface area contributed by atoms with Gasteiger partial charge in [-0.15, -0.1) is 11.8 Å². The van der Waals surface area contributed by atoms with Crippen molar-refractivity contribution in [3.05, 3.63) is 46.6 Å². The van der Waals surface area contributed by atoms with E-state index in [1.54, 1.807) is 0 Å². The Bertz CT molecular complexity index is 826. The number of aryl methyl sites for hydroxylation is 1. The van der Waals surface area contributed by atoms with Crippen molar-refractivity contribution in [1.82, 2.24) is 4.98 Å². The number of carbonyl (C=O) groups excluding carboxylic acids is 1. The van der Waals surface area contributed by atoms with E-state index in [1.165, 1.54) is 11.8 Å². The van der Waals surface area contributed by atoms with Gasteiger partial charge in [0.2, 0.25) is 5.91 Å². The van der Waals surface area contributed by atoms with Crippen LogP contribution in [0.1, 0.15) is 35.7 Å². The molecule has 2 aromatic rings. The molecule has 0 aliphatic carbocycles. The predicted octanol–water partition coefficient (Wildman–Crippen LogP) is 4.40. The molecule has 1 heterocycles. The summed E-state index contributed by atoms with van der Waals surface area (Å²) in [5.41, 5.74) is 4.26. The zero-order valence-corrected chi connectivity index (χ0v) is 16.4. The molecule has 1 amide bonds. The maximum absolute atomic E-state index is 12.1. The minimum atomic E-state index is -0.0688. The van der Waals surface area contributed by atoms with Crippen molar-refractivity contribution in [3.63, 3.8) is 0 Å². The monoisotopic (exact) mass is 369 g/mol. The molecule has 0 saturated heterocycles. The van der Waals surface area contributed by atoms with Crippen molar-refractivity contribution >= 4 is 23.4 Å². The van der Waals surface area contributed by atoms with Crippen LogP contribution >= 0.6 is 11.8 Å². The lowest BCUT2D eigenvalue weighted by Gasteiger charge is -2.11. The molecule has 0 saturated carbocycles. The van der Waals surface area contributed by atoms with Gasteiger partial charge in [-0.1, -0.05) is 0 Å². The van der Waals surface area contributed by atoms with Crippen molar-refractivity contribution in [2.45, 2.75) is 39.1 Å². The highest BCUT2D eigenvalue weighted by atomic mass is 32.2. The summed E-state index contributed by atoms with van der Waals surface area (Å²) in [7, 11) is 0. The molecule has 1 N–H and O–H groups in total. The first-order chi connectivity index (χ1) is 12.5. The van der Waals surface area contributed by atoms with Crippen molar-refractivity contribution < 1.29 is 9.53 Å². The van der Waals surface area contributed by atoms with Crippen molar-refractivity contribution in [1.29, 1.82) is 5.26 Å². The molecule has 0 radical (unpaired) electrons. The minimum absolute atomic E-state index is 0.0688. The first-order valence-corrected chi connectivity index (χ1v) is 9.48. The molecule has 5 nitrogen and oxygen atoms in total. The van der Waals surface area contributed by atoms with Crippen LogP contribution in [0.5, 0.6) is 5.75 Å². The van der Waals surface area contributed by atoms with Gasteiger partial charge in [0.05, 0.1) is 12.2 Å². The minimum Gasteiger partial charge on any atom is -0.494 e. The topological polar surface area (TPSA) is 75.0 Å². The molecule has 0 bridgehead atoms. The molecular weight excluding hydrogens is 346 g/mol. The fourth-order valence-corrected chi connectivity index (χ4v) is 3.44. The predicted molar refractivity (Wildman–Crippen MR) is 105 cm³/mol. The first-order valence-electron chi connectivity index (χ1n) is 8.49. The maximum atomic E-state index is 12.1. The van der Waals surface area contributed by atoms with E-state index < -0.39 is 0 Å². The van der Waals surface area contributed by atoms with Crippen LogP contribution in [-0.2, 0) is 4.79 Å². The van der Waals surface area contributed by atoms with Crippen molar-refractivity contribution in [2.24, 2.45) is 0 Å². The number of nitrogens with one attached hydrogen (secondary N) is 1. The van der Waals surface area contributed by atoms with Gasteiger partial charge in [-0.3, -0.25) is 4.79 Å². The average Bonchev–Trinajstić information content (AvgIpc) is 2.62. The third-order valence-electron chi connectivity index (χ3n) is 4.09. The second kappa shape index (κ2) is 9.25. The average molecular weight is 369 g/mol. The molecule has 0 unspecified atom stereocenters. The first kappa shape index (κ1) is 19.8. The van der Waals surface area contributed by atoms with Crippen LogP contribution in [0.25, 0.3) is 0 Å². The number of benzene rings is 1. The third kappa shape index (κ3) is 4.99. The number of thioether (sulfide) groups is 1. The molecule has 136 valence electrons. The molecule has 1 aromatic heterocycles. The molecule has 26 heavy (non-hydrogen) atoms. The van der Waals surface area contributed by atoms with E-state index >= 15 is 0 Å². The number of amides is 1. The second-order valence-electron chi connectivity index (χ2n) is 5.84. The zero-order chi connectivity index (χ0) is 19.1. The quantitative estimate of drug-likeness (QED) is 0.732. The van der Waals surface area contributed by atoms with E-state index in [9.17, 15) is 10.1 Å². The van der Waals surface area contributed by atoms with Crippen LogP contribution in [0, 0.1) is 32.1 Å². The molecule has 0 fully saturated rings. The number of hydrogen-bond donors (Lipinski definition) is 1. The number of anilines is 1. The Hall–Kier alpha value is -2.52. The van der Waals surface area contributed by atoms with Gasteiger partial charge in [-0.05, 0) is 63.1 Å². The third-order valence-corrected chi connectivity index (χ3v) is 5.07. The van der Waals surface area contributed by atoms with Crippen LogP contribution in [0.15, 0.2) is 29.3 Å². The molecule has 6 heteroatoms. The van der Waals surface area contributed by atoms with Crippen molar-refractivity contribution in [3.8, 4) is 11.8 Å². The van der Waals surface area contributed by atoms with Crippen LogP contribution in [-0.4, -0.2) is 23.3 Å². The zero-order valence-electron chi connectivity index (χ0n) is 15.5. The molecule has 1 aromatic carbocycles. The molecular formula is C20H23N3O2S. The Morgan fingerprint density at radius 3 is 2.54 bits per heavy atom. The summed E-state index contributed by atoms with van der Waals surface area (Å²) in [6.45, 7) is 8.38. The normalized spacial score (nSPS) is 10.3. The highest BCUT2D eigenvalue weighted by Gasteiger charge is 2.13. The van der Waals surface area contributed by atoms with Crippen LogP contribution in [0.4, 0.5) is 5.69 Å². The number of rotatable bonds is 7. The fraction of sp³-hybridized carbons (Fsp3) is 0.350. The molecule has 0 atom stereocenters. The van der Waals surface area contributed by atoms with Gasteiger partial charge in [0, 0.05) is 23.6 Å². The Morgan fingerprint density at radius 2 is 1.92 bits per heavy atom. The lowest BCUT2D eigenvalue weighted by Crippen LogP contribution is -2.12. The number of carbonyl (C=O) groups is 1. The summed E-state index contributed by atoms with van der Waals surface area (Å²) < 4.78 is 5.38. The standard InChI is InChI=1S/C20H23N3O2S/c1-5-25-17-8-6-16(7-9-17)23-19(24)10-11-26-20-18(12-21)14(3)13(2)15(4)22-20/h6-9H,5,10-11H2,1-4H3,(H,23,24). The van der Waals surface area contributed by atoms with Gasteiger partial charge >= 0.3 is 0 Å².